The third kappa shape index (κ3) is 3.34. The monoisotopic (exact) mass is 250 g/mol. The first-order valence-corrected chi connectivity index (χ1v) is 5.65. The lowest BCUT2D eigenvalue weighted by atomic mass is 9.91. The van der Waals surface area contributed by atoms with E-state index in [0.29, 0.717) is 12.0 Å². The van der Waals surface area contributed by atoms with Gasteiger partial charge in [0.2, 0.25) is 0 Å². The summed E-state index contributed by atoms with van der Waals surface area (Å²) in [7, 11) is 1.54. The molecule has 3 atom stereocenters. The van der Waals surface area contributed by atoms with Crippen molar-refractivity contribution in [2.24, 2.45) is 11.7 Å². The van der Waals surface area contributed by atoms with E-state index >= 15 is 0 Å². The maximum atomic E-state index is 12.0. The van der Waals surface area contributed by atoms with Crippen LogP contribution in [0.15, 0.2) is 0 Å². The first-order valence-electron chi connectivity index (χ1n) is 5.65. The van der Waals surface area contributed by atoms with Crippen LogP contribution in [-0.2, 0) is 9.53 Å². The SMILES string of the molecule is COC(CN)C(=O)N1CCCC(C)C1C.Cl. The number of hydrogen-bond acceptors (Lipinski definition) is 3. The number of rotatable bonds is 3. The summed E-state index contributed by atoms with van der Waals surface area (Å²) in [5.74, 6) is 0.608. The van der Waals surface area contributed by atoms with Gasteiger partial charge in [-0.1, -0.05) is 6.92 Å². The molecule has 1 rings (SSSR count). The van der Waals surface area contributed by atoms with Gasteiger partial charge in [0.25, 0.3) is 5.91 Å². The lowest BCUT2D eigenvalue weighted by Gasteiger charge is -2.39. The molecule has 5 heteroatoms. The summed E-state index contributed by atoms with van der Waals surface area (Å²) in [4.78, 5) is 13.9. The van der Waals surface area contributed by atoms with E-state index in [-0.39, 0.29) is 24.9 Å². The van der Waals surface area contributed by atoms with E-state index in [0.717, 1.165) is 13.0 Å². The molecular weight excluding hydrogens is 228 g/mol. The van der Waals surface area contributed by atoms with Crippen molar-refractivity contribution in [3.63, 3.8) is 0 Å². The van der Waals surface area contributed by atoms with Gasteiger partial charge in [0.15, 0.2) is 0 Å². The third-order valence-corrected chi connectivity index (χ3v) is 3.43. The van der Waals surface area contributed by atoms with E-state index < -0.39 is 6.10 Å². The predicted molar refractivity (Wildman–Crippen MR) is 66.7 cm³/mol. The fraction of sp³-hybridized carbons (Fsp3) is 0.909. The largest absolute Gasteiger partial charge is 0.370 e. The van der Waals surface area contributed by atoms with Crippen molar-refractivity contribution in [1.29, 1.82) is 0 Å². The summed E-state index contributed by atoms with van der Waals surface area (Å²) in [6.45, 7) is 5.39. The molecular formula is C11H23ClN2O2. The molecule has 0 aliphatic carbocycles. The van der Waals surface area contributed by atoms with Crippen molar-refractivity contribution in [1.82, 2.24) is 4.90 Å². The van der Waals surface area contributed by atoms with Crippen LogP contribution in [0.25, 0.3) is 0 Å². The van der Waals surface area contributed by atoms with Crippen molar-refractivity contribution in [3.05, 3.63) is 0 Å². The van der Waals surface area contributed by atoms with Crippen LogP contribution in [0, 0.1) is 5.92 Å². The molecule has 1 aliphatic heterocycles. The summed E-state index contributed by atoms with van der Waals surface area (Å²) < 4.78 is 5.08. The highest BCUT2D eigenvalue weighted by Gasteiger charge is 2.31. The molecule has 1 aliphatic rings. The summed E-state index contributed by atoms with van der Waals surface area (Å²) in [6, 6.07) is 0.301. The zero-order valence-corrected chi connectivity index (χ0v) is 11.1. The van der Waals surface area contributed by atoms with Gasteiger partial charge in [-0.3, -0.25) is 4.79 Å². The molecule has 0 aromatic carbocycles. The molecule has 0 radical (unpaired) electrons. The normalized spacial score (nSPS) is 27.1. The van der Waals surface area contributed by atoms with Crippen LogP contribution in [0.1, 0.15) is 26.7 Å². The molecule has 0 bridgehead atoms. The molecule has 0 aromatic heterocycles. The van der Waals surface area contributed by atoms with Crippen molar-refractivity contribution in [3.8, 4) is 0 Å². The highest BCUT2D eigenvalue weighted by Crippen LogP contribution is 2.23. The zero-order chi connectivity index (χ0) is 11.4. The molecule has 2 N–H and O–H groups in total. The number of halogens is 1. The van der Waals surface area contributed by atoms with Crippen molar-refractivity contribution in [2.75, 3.05) is 20.2 Å². The highest BCUT2D eigenvalue weighted by atomic mass is 35.5. The summed E-state index contributed by atoms with van der Waals surface area (Å²) in [5.41, 5.74) is 5.50. The highest BCUT2D eigenvalue weighted by molar-refractivity contribution is 5.85. The summed E-state index contributed by atoms with van der Waals surface area (Å²) in [6.07, 6.45) is 1.81. The Labute approximate surface area is 104 Å². The Kier molecular flexibility index (Phi) is 6.95. The van der Waals surface area contributed by atoms with Crippen LogP contribution >= 0.6 is 12.4 Å². The Bertz CT molecular complexity index is 222. The summed E-state index contributed by atoms with van der Waals surface area (Å²) in [5, 5.41) is 0. The van der Waals surface area contributed by atoms with E-state index in [1.54, 1.807) is 0 Å². The minimum atomic E-state index is -0.474. The van der Waals surface area contributed by atoms with Crippen LogP contribution in [0.3, 0.4) is 0 Å². The molecule has 4 nitrogen and oxygen atoms in total. The maximum absolute atomic E-state index is 12.0. The topological polar surface area (TPSA) is 55.6 Å². The maximum Gasteiger partial charge on any atom is 0.253 e. The van der Waals surface area contributed by atoms with Gasteiger partial charge in [0, 0.05) is 26.2 Å². The standard InChI is InChI=1S/C11H22N2O2.ClH/c1-8-5-4-6-13(9(8)2)11(14)10(7-12)15-3;/h8-10H,4-7,12H2,1-3H3;1H. The van der Waals surface area contributed by atoms with Gasteiger partial charge in [0.05, 0.1) is 0 Å². The van der Waals surface area contributed by atoms with Crippen molar-refractivity contribution >= 4 is 18.3 Å². The van der Waals surface area contributed by atoms with E-state index in [1.165, 1.54) is 13.5 Å². The van der Waals surface area contributed by atoms with Gasteiger partial charge >= 0.3 is 0 Å². The van der Waals surface area contributed by atoms with Crippen LogP contribution in [0.2, 0.25) is 0 Å². The molecule has 1 amide bonds. The van der Waals surface area contributed by atoms with Gasteiger partial charge in [-0.05, 0) is 25.7 Å². The lowest BCUT2D eigenvalue weighted by Crippen LogP contribution is -2.51. The minimum absolute atomic E-state index is 0. The van der Waals surface area contributed by atoms with Crippen LogP contribution in [-0.4, -0.2) is 43.2 Å². The molecule has 0 saturated carbocycles. The van der Waals surface area contributed by atoms with E-state index in [1.807, 2.05) is 4.90 Å². The lowest BCUT2D eigenvalue weighted by molar-refractivity contribution is -0.146. The molecule has 3 unspecified atom stereocenters. The quantitative estimate of drug-likeness (QED) is 0.814. The number of nitrogens with two attached hydrogens (primary N) is 1. The average Bonchev–Trinajstić information content (AvgIpc) is 2.23. The first-order chi connectivity index (χ1) is 7.11. The Morgan fingerprint density at radius 3 is 2.69 bits per heavy atom. The van der Waals surface area contributed by atoms with E-state index in [9.17, 15) is 4.79 Å². The number of likely N-dealkylation sites (tertiary alicyclic amines) is 1. The number of carbonyl (C=O) groups is 1. The summed E-state index contributed by atoms with van der Waals surface area (Å²) >= 11 is 0. The van der Waals surface area contributed by atoms with E-state index in [2.05, 4.69) is 13.8 Å². The molecule has 1 heterocycles. The van der Waals surface area contributed by atoms with E-state index in [4.69, 9.17) is 10.5 Å². The Hall–Kier alpha value is -0.320. The van der Waals surface area contributed by atoms with Crippen molar-refractivity contribution in [2.45, 2.75) is 38.8 Å². The minimum Gasteiger partial charge on any atom is -0.370 e. The van der Waals surface area contributed by atoms with Crippen LogP contribution < -0.4 is 5.73 Å². The van der Waals surface area contributed by atoms with Crippen LogP contribution in [0.5, 0.6) is 0 Å². The number of carbonyl (C=O) groups excluding carboxylic acids is 1. The number of piperidine rings is 1. The first kappa shape index (κ1) is 15.7. The molecule has 0 aromatic rings. The fourth-order valence-corrected chi connectivity index (χ4v) is 2.13. The second kappa shape index (κ2) is 7.09. The number of amides is 1. The fourth-order valence-electron chi connectivity index (χ4n) is 2.13. The van der Waals surface area contributed by atoms with Crippen molar-refractivity contribution < 1.29 is 9.53 Å². The Morgan fingerprint density at radius 1 is 1.56 bits per heavy atom. The number of methoxy groups -OCH3 is 1. The molecule has 1 saturated heterocycles. The predicted octanol–water partition coefficient (Wildman–Crippen LogP) is 1.03. The number of nitrogens with zero attached hydrogens (tertiary/aromatic N) is 1. The Morgan fingerprint density at radius 2 is 2.19 bits per heavy atom. The second-order valence-electron chi connectivity index (χ2n) is 4.35. The smallest absolute Gasteiger partial charge is 0.253 e. The molecule has 16 heavy (non-hydrogen) atoms. The third-order valence-electron chi connectivity index (χ3n) is 3.43. The second-order valence-corrected chi connectivity index (χ2v) is 4.35. The molecule has 96 valence electrons. The van der Waals surface area contributed by atoms with Crippen LogP contribution in [0.4, 0.5) is 0 Å². The molecule has 1 fully saturated rings. The average molecular weight is 251 g/mol. The van der Waals surface area contributed by atoms with Gasteiger partial charge in [-0.15, -0.1) is 12.4 Å². The van der Waals surface area contributed by atoms with Gasteiger partial charge in [-0.2, -0.15) is 0 Å². The van der Waals surface area contributed by atoms with Gasteiger partial charge in [-0.25, -0.2) is 0 Å². The zero-order valence-electron chi connectivity index (χ0n) is 10.3. The Balaban J connectivity index is 0.00000225. The molecule has 0 spiro atoms. The number of ether oxygens (including phenoxy) is 1. The number of hydrogen-bond donors (Lipinski definition) is 1. The van der Waals surface area contributed by atoms with Gasteiger partial charge in [0.1, 0.15) is 6.10 Å². The van der Waals surface area contributed by atoms with Gasteiger partial charge < -0.3 is 15.4 Å².